The van der Waals surface area contributed by atoms with Crippen LogP contribution in [0, 0.1) is 0 Å². The number of aromatic amines is 1. The molecule has 0 radical (unpaired) electrons. The standard InChI is InChI=1S/C11H19N3O3/c1-4-8(2)13(3)5-6-14-10(16)7-9(15)12-11(14)17/h7-8,16H,4-6H2,1-3H3,(H,12,15,17). The number of nitrogens with zero attached hydrogens (tertiary/aromatic N) is 2. The van der Waals surface area contributed by atoms with Gasteiger partial charge in [-0.3, -0.25) is 14.3 Å². The average Bonchev–Trinajstić information content (AvgIpc) is 2.26. The largest absolute Gasteiger partial charge is 0.494 e. The molecule has 0 saturated heterocycles. The van der Waals surface area contributed by atoms with E-state index in [4.69, 9.17) is 0 Å². The molecule has 2 N–H and O–H groups in total. The van der Waals surface area contributed by atoms with Gasteiger partial charge < -0.3 is 10.0 Å². The van der Waals surface area contributed by atoms with Crippen molar-refractivity contribution in [2.24, 2.45) is 0 Å². The molecule has 17 heavy (non-hydrogen) atoms. The van der Waals surface area contributed by atoms with Crippen molar-refractivity contribution in [2.75, 3.05) is 13.6 Å². The van der Waals surface area contributed by atoms with Gasteiger partial charge >= 0.3 is 5.69 Å². The van der Waals surface area contributed by atoms with Crippen molar-refractivity contribution in [3.8, 4) is 5.88 Å². The van der Waals surface area contributed by atoms with Gasteiger partial charge in [-0.2, -0.15) is 0 Å². The molecule has 6 heteroatoms. The Hall–Kier alpha value is -1.56. The minimum absolute atomic E-state index is 0.295. The van der Waals surface area contributed by atoms with Crippen LogP contribution < -0.4 is 11.2 Å². The Bertz CT molecular complexity index is 478. The molecule has 0 aliphatic rings. The van der Waals surface area contributed by atoms with Crippen LogP contribution in [0.25, 0.3) is 0 Å². The van der Waals surface area contributed by atoms with Crippen molar-refractivity contribution in [3.63, 3.8) is 0 Å². The summed E-state index contributed by atoms with van der Waals surface area (Å²) in [4.78, 5) is 26.6. The highest BCUT2D eigenvalue weighted by Crippen LogP contribution is 2.03. The number of hydrogen-bond donors (Lipinski definition) is 2. The van der Waals surface area contributed by atoms with Gasteiger partial charge in [-0.15, -0.1) is 0 Å². The molecular formula is C11H19N3O3. The molecule has 1 aromatic heterocycles. The normalized spacial score (nSPS) is 12.9. The second kappa shape index (κ2) is 5.67. The predicted octanol–water partition coefficient (Wildman–Crippen LogP) is -0.0275. The van der Waals surface area contributed by atoms with E-state index in [9.17, 15) is 14.7 Å². The summed E-state index contributed by atoms with van der Waals surface area (Å²) < 4.78 is 1.15. The van der Waals surface area contributed by atoms with Crippen LogP contribution in [-0.4, -0.2) is 39.2 Å². The van der Waals surface area contributed by atoms with E-state index in [0.29, 0.717) is 19.1 Å². The smallest absolute Gasteiger partial charge is 0.331 e. The summed E-state index contributed by atoms with van der Waals surface area (Å²) >= 11 is 0. The molecule has 1 heterocycles. The average molecular weight is 241 g/mol. The minimum atomic E-state index is -0.584. The van der Waals surface area contributed by atoms with Gasteiger partial charge in [0.05, 0.1) is 6.07 Å². The third-order valence-corrected chi connectivity index (χ3v) is 3.03. The third-order valence-electron chi connectivity index (χ3n) is 3.03. The van der Waals surface area contributed by atoms with Crippen LogP contribution in [0.4, 0.5) is 0 Å². The molecule has 0 aliphatic heterocycles. The highest BCUT2D eigenvalue weighted by Gasteiger charge is 2.09. The van der Waals surface area contributed by atoms with Crippen molar-refractivity contribution >= 4 is 0 Å². The maximum absolute atomic E-state index is 11.4. The lowest BCUT2D eigenvalue weighted by molar-refractivity contribution is 0.236. The molecule has 6 nitrogen and oxygen atoms in total. The summed E-state index contributed by atoms with van der Waals surface area (Å²) in [6, 6.07) is 1.42. The SMILES string of the molecule is CCC(C)N(C)CCn1c(O)cc(=O)[nH]c1=O. The summed E-state index contributed by atoms with van der Waals surface area (Å²) in [6.07, 6.45) is 1.02. The lowest BCUT2D eigenvalue weighted by Crippen LogP contribution is -2.36. The van der Waals surface area contributed by atoms with Crippen LogP contribution in [0.1, 0.15) is 20.3 Å². The van der Waals surface area contributed by atoms with E-state index >= 15 is 0 Å². The molecule has 1 rings (SSSR count). The van der Waals surface area contributed by atoms with E-state index in [1.807, 2.05) is 7.05 Å². The molecule has 1 unspecified atom stereocenters. The molecule has 0 saturated carbocycles. The van der Waals surface area contributed by atoms with Crippen LogP contribution in [0.3, 0.4) is 0 Å². The predicted molar refractivity (Wildman–Crippen MR) is 65.4 cm³/mol. The highest BCUT2D eigenvalue weighted by molar-refractivity contribution is 5.05. The fourth-order valence-corrected chi connectivity index (χ4v) is 1.51. The van der Waals surface area contributed by atoms with Crippen LogP contribution in [0.15, 0.2) is 15.7 Å². The Morgan fingerprint density at radius 3 is 2.71 bits per heavy atom. The number of hydrogen-bond acceptors (Lipinski definition) is 4. The van der Waals surface area contributed by atoms with Crippen LogP contribution >= 0.6 is 0 Å². The summed E-state index contributed by atoms with van der Waals surface area (Å²) in [5, 5.41) is 9.51. The Labute approximate surface area is 99.5 Å². The van der Waals surface area contributed by atoms with Gasteiger partial charge in [0.25, 0.3) is 5.56 Å². The zero-order chi connectivity index (χ0) is 13.0. The summed E-state index contributed by atoms with van der Waals surface area (Å²) in [7, 11) is 1.96. The Morgan fingerprint density at radius 1 is 1.53 bits per heavy atom. The third kappa shape index (κ3) is 3.45. The van der Waals surface area contributed by atoms with Crippen molar-refractivity contribution in [3.05, 3.63) is 26.9 Å². The molecule has 0 spiro atoms. The Morgan fingerprint density at radius 2 is 2.18 bits per heavy atom. The number of likely N-dealkylation sites (N-methyl/N-ethyl adjacent to an activating group) is 1. The summed E-state index contributed by atoms with van der Waals surface area (Å²) in [6.45, 7) is 5.16. The number of aromatic hydroxyl groups is 1. The second-order valence-electron chi connectivity index (χ2n) is 4.19. The summed E-state index contributed by atoms with van der Waals surface area (Å²) in [5.74, 6) is -0.295. The van der Waals surface area contributed by atoms with Crippen molar-refractivity contribution < 1.29 is 5.11 Å². The molecule has 96 valence electrons. The molecule has 0 aliphatic carbocycles. The lowest BCUT2D eigenvalue weighted by Gasteiger charge is -2.23. The van der Waals surface area contributed by atoms with Crippen LogP contribution in [-0.2, 0) is 6.54 Å². The van der Waals surface area contributed by atoms with Crippen molar-refractivity contribution in [1.82, 2.24) is 14.5 Å². The maximum atomic E-state index is 11.4. The topological polar surface area (TPSA) is 78.3 Å². The number of rotatable bonds is 5. The molecular weight excluding hydrogens is 222 g/mol. The first-order valence-electron chi connectivity index (χ1n) is 5.69. The van der Waals surface area contributed by atoms with E-state index in [1.54, 1.807) is 0 Å². The first-order chi connectivity index (χ1) is 7.95. The zero-order valence-electron chi connectivity index (χ0n) is 10.4. The van der Waals surface area contributed by atoms with Gasteiger partial charge in [0.15, 0.2) is 0 Å². The van der Waals surface area contributed by atoms with E-state index in [0.717, 1.165) is 17.1 Å². The van der Waals surface area contributed by atoms with Crippen molar-refractivity contribution in [2.45, 2.75) is 32.9 Å². The van der Waals surface area contributed by atoms with Gasteiger partial charge in [0.1, 0.15) is 0 Å². The fourth-order valence-electron chi connectivity index (χ4n) is 1.51. The molecule has 1 atom stereocenters. The number of H-pyrrole nitrogens is 1. The Balaban J connectivity index is 2.77. The van der Waals surface area contributed by atoms with E-state index in [-0.39, 0.29) is 5.88 Å². The highest BCUT2D eigenvalue weighted by atomic mass is 16.3. The quantitative estimate of drug-likeness (QED) is 0.759. The van der Waals surface area contributed by atoms with E-state index in [1.165, 1.54) is 0 Å². The summed E-state index contributed by atoms with van der Waals surface area (Å²) in [5.41, 5.74) is -1.16. The Kier molecular flexibility index (Phi) is 4.51. The zero-order valence-corrected chi connectivity index (χ0v) is 10.4. The number of aromatic nitrogens is 2. The van der Waals surface area contributed by atoms with Gasteiger partial charge in [0.2, 0.25) is 5.88 Å². The maximum Gasteiger partial charge on any atom is 0.331 e. The van der Waals surface area contributed by atoms with Crippen molar-refractivity contribution in [1.29, 1.82) is 0 Å². The molecule has 0 fully saturated rings. The molecule has 1 aromatic rings. The molecule has 0 aromatic carbocycles. The van der Waals surface area contributed by atoms with Crippen LogP contribution in [0.2, 0.25) is 0 Å². The molecule has 0 amide bonds. The minimum Gasteiger partial charge on any atom is -0.494 e. The fraction of sp³-hybridized carbons (Fsp3) is 0.636. The van der Waals surface area contributed by atoms with E-state index in [2.05, 4.69) is 23.7 Å². The number of nitrogens with one attached hydrogen (secondary N) is 1. The first kappa shape index (κ1) is 13.5. The van der Waals surface area contributed by atoms with Gasteiger partial charge in [-0.05, 0) is 20.4 Å². The van der Waals surface area contributed by atoms with Gasteiger partial charge in [-0.1, -0.05) is 6.92 Å². The van der Waals surface area contributed by atoms with Gasteiger partial charge in [0, 0.05) is 19.1 Å². The van der Waals surface area contributed by atoms with E-state index < -0.39 is 11.2 Å². The van der Waals surface area contributed by atoms with Gasteiger partial charge in [-0.25, -0.2) is 4.79 Å². The monoisotopic (exact) mass is 241 g/mol. The lowest BCUT2D eigenvalue weighted by atomic mass is 10.2. The molecule has 0 bridgehead atoms. The second-order valence-corrected chi connectivity index (χ2v) is 4.19. The van der Waals surface area contributed by atoms with Crippen LogP contribution in [0.5, 0.6) is 5.88 Å². The first-order valence-corrected chi connectivity index (χ1v) is 5.69.